The van der Waals surface area contributed by atoms with E-state index in [9.17, 15) is 9.59 Å². The van der Waals surface area contributed by atoms with Gasteiger partial charge in [-0.15, -0.1) is 0 Å². The first-order valence-corrected chi connectivity index (χ1v) is 9.73. The molecule has 0 spiro atoms. The van der Waals surface area contributed by atoms with Crippen LogP contribution in [0.15, 0.2) is 108 Å². The van der Waals surface area contributed by atoms with Gasteiger partial charge in [0.2, 0.25) is 0 Å². The van der Waals surface area contributed by atoms with Gasteiger partial charge in [0, 0.05) is 36.1 Å². The Morgan fingerprint density at radius 2 is 1.73 bits per heavy atom. The van der Waals surface area contributed by atoms with Crippen LogP contribution in [-0.4, -0.2) is 24.1 Å². The molecule has 0 radical (unpaired) electrons. The molecule has 1 unspecified atom stereocenters. The molecule has 158 valence electrons. The molecular weight excluding hydrogens is 374 g/mol. The summed E-state index contributed by atoms with van der Waals surface area (Å²) in [6.45, 7) is 13.1. The van der Waals surface area contributed by atoms with Crippen LogP contribution in [0.1, 0.15) is 20.8 Å². The summed E-state index contributed by atoms with van der Waals surface area (Å²) in [5.41, 5.74) is 2.54. The molecule has 0 saturated heterocycles. The largest absolute Gasteiger partial charge is 0.355 e. The zero-order valence-corrected chi connectivity index (χ0v) is 18.2. The number of benzene rings is 1. The van der Waals surface area contributed by atoms with Gasteiger partial charge in [-0.25, -0.2) is 0 Å². The van der Waals surface area contributed by atoms with Crippen molar-refractivity contribution >= 4 is 12.2 Å². The number of hydrogen-bond donors (Lipinski definition) is 2. The van der Waals surface area contributed by atoms with Crippen LogP contribution in [0.25, 0.3) is 0 Å². The number of allylic oxidation sites excluding steroid dienone is 6. The maximum absolute atomic E-state index is 12.4. The summed E-state index contributed by atoms with van der Waals surface area (Å²) in [5, 5.41) is 5.82. The van der Waals surface area contributed by atoms with Crippen molar-refractivity contribution in [1.82, 2.24) is 15.5 Å². The second-order valence-corrected chi connectivity index (χ2v) is 6.42. The molecule has 0 saturated carbocycles. The van der Waals surface area contributed by atoms with Gasteiger partial charge in [0.1, 0.15) is 12.1 Å². The molecule has 0 aromatic heterocycles. The van der Waals surface area contributed by atoms with E-state index in [4.69, 9.17) is 0 Å². The van der Waals surface area contributed by atoms with Gasteiger partial charge < -0.3 is 15.5 Å². The van der Waals surface area contributed by atoms with Crippen molar-refractivity contribution in [2.24, 2.45) is 5.92 Å². The predicted octanol–water partition coefficient (Wildman–Crippen LogP) is 4.43. The molecule has 2 N–H and O–H groups in total. The highest BCUT2D eigenvalue weighted by Crippen LogP contribution is 2.31. The van der Waals surface area contributed by atoms with Gasteiger partial charge in [0.25, 0.3) is 5.91 Å². The molecule has 30 heavy (non-hydrogen) atoms. The third-order valence-corrected chi connectivity index (χ3v) is 4.49. The van der Waals surface area contributed by atoms with Crippen molar-refractivity contribution < 1.29 is 9.59 Å². The molecule has 0 fully saturated rings. The number of aldehydes is 1. The zero-order valence-electron chi connectivity index (χ0n) is 18.2. The number of likely N-dealkylation sites (N-methyl/N-ethyl adjacent to an activating group) is 1. The summed E-state index contributed by atoms with van der Waals surface area (Å²) >= 11 is 0. The van der Waals surface area contributed by atoms with E-state index in [0.29, 0.717) is 22.7 Å². The molecule has 5 heteroatoms. The van der Waals surface area contributed by atoms with Gasteiger partial charge in [-0.2, -0.15) is 0 Å². The van der Waals surface area contributed by atoms with E-state index in [1.807, 2.05) is 75.4 Å². The fourth-order valence-electron chi connectivity index (χ4n) is 3.04. The summed E-state index contributed by atoms with van der Waals surface area (Å²) in [5.74, 6) is -0.00924. The van der Waals surface area contributed by atoms with Gasteiger partial charge in [-0.3, -0.25) is 9.59 Å². The Balaban J connectivity index is 0.000000637. The molecule has 2 rings (SSSR count). The standard InChI is InChI=1S/C19H25N3O2.C6H6/c1-7-10-15(11-8-2)22(9-3)18-17(19(24)20-6)13(4)16(12-23)14(5)21-18;1-2-4-6-5-3-1/h7-13,21H,1,3H2,2,4-6H3,(H,20,24);1-6H/b11-8-,15-10+;. The van der Waals surface area contributed by atoms with Crippen molar-refractivity contribution in [3.8, 4) is 0 Å². The lowest BCUT2D eigenvalue weighted by atomic mass is 9.88. The lowest BCUT2D eigenvalue weighted by Crippen LogP contribution is -2.39. The monoisotopic (exact) mass is 405 g/mol. The van der Waals surface area contributed by atoms with Crippen LogP contribution < -0.4 is 10.6 Å². The summed E-state index contributed by atoms with van der Waals surface area (Å²) in [4.78, 5) is 25.6. The Bertz CT molecular complexity index is 850. The average Bonchev–Trinajstić information content (AvgIpc) is 2.76. The van der Waals surface area contributed by atoms with Crippen LogP contribution in [0.3, 0.4) is 0 Å². The minimum atomic E-state index is -0.336. The number of nitrogens with zero attached hydrogens (tertiary/aromatic N) is 1. The Morgan fingerprint density at radius 1 is 1.17 bits per heavy atom. The summed E-state index contributed by atoms with van der Waals surface area (Å²) in [6, 6.07) is 12.0. The molecule has 1 aromatic rings. The van der Waals surface area contributed by atoms with Crippen molar-refractivity contribution in [2.45, 2.75) is 20.8 Å². The molecule has 1 aromatic carbocycles. The van der Waals surface area contributed by atoms with Crippen LogP contribution in [0, 0.1) is 5.92 Å². The van der Waals surface area contributed by atoms with Gasteiger partial charge in [-0.05, 0) is 26.0 Å². The van der Waals surface area contributed by atoms with E-state index in [1.165, 1.54) is 0 Å². The fraction of sp³-hybridized carbons (Fsp3) is 0.200. The number of carbonyl (C=O) groups excluding carboxylic acids is 2. The molecule has 1 atom stereocenters. The SMILES string of the molecule is C=C/C=C(\C=C/C)N(C=C)C1=C(C(=O)NC)C(C)C(C=O)=C(C)N1.c1ccccc1. The van der Waals surface area contributed by atoms with E-state index in [1.54, 1.807) is 24.2 Å². The maximum atomic E-state index is 12.4. The maximum Gasteiger partial charge on any atom is 0.251 e. The van der Waals surface area contributed by atoms with E-state index >= 15 is 0 Å². The lowest BCUT2D eigenvalue weighted by molar-refractivity contribution is -0.117. The Morgan fingerprint density at radius 3 is 2.13 bits per heavy atom. The van der Waals surface area contributed by atoms with Crippen LogP contribution in [-0.2, 0) is 9.59 Å². The van der Waals surface area contributed by atoms with Gasteiger partial charge >= 0.3 is 0 Å². The fourth-order valence-corrected chi connectivity index (χ4v) is 3.04. The normalized spacial score (nSPS) is 16.3. The molecule has 1 aliphatic rings. The van der Waals surface area contributed by atoms with Crippen LogP contribution in [0.4, 0.5) is 0 Å². The molecule has 1 aliphatic heterocycles. The quantitative estimate of drug-likeness (QED) is 0.520. The molecule has 0 aliphatic carbocycles. The first kappa shape index (κ1) is 24.4. The minimum Gasteiger partial charge on any atom is -0.355 e. The summed E-state index contributed by atoms with van der Waals surface area (Å²) in [6.07, 6.45) is 9.66. The molecular formula is C25H31N3O2. The Labute approximate surface area is 179 Å². The predicted molar refractivity (Wildman–Crippen MR) is 124 cm³/mol. The molecule has 0 bridgehead atoms. The van der Waals surface area contributed by atoms with E-state index < -0.39 is 0 Å². The second kappa shape index (κ2) is 12.8. The van der Waals surface area contributed by atoms with Gasteiger partial charge in [0.05, 0.1) is 5.57 Å². The van der Waals surface area contributed by atoms with E-state index in [2.05, 4.69) is 23.8 Å². The van der Waals surface area contributed by atoms with Crippen molar-refractivity contribution in [1.29, 1.82) is 0 Å². The van der Waals surface area contributed by atoms with Crippen molar-refractivity contribution in [2.75, 3.05) is 7.05 Å². The third kappa shape index (κ3) is 6.21. The second-order valence-electron chi connectivity index (χ2n) is 6.42. The Hall–Kier alpha value is -3.60. The topological polar surface area (TPSA) is 61.4 Å². The highest BCUT2D eigenvalue weighted by Gasteiger charge is 2.32. The average molecular weight is 406 g/mol. The molecule has 1 amide bonds. The number of dihydropyridines is 1. The minimum absolute atomic E-state index is 0.248. The zero-order chi connectivity index (χ0) is 22.5. The summed E-state index contributed by atoms with van der Waals surface area (Å²) < 4.78 is 0. The van der Waals surface area contributed by atoms with Crippen LogP contribution in [0.2, 0.25) is 0 Å². The third-order valence-electron chi connectivity index (χ3n) is 4.49. The number of carbonyl (C=O) groups is 2. The number of hydrogen-bond acceptors (Lipinski definition) is 4. The molecule has 1 heterocycles. The first-order chi connectivity index (χ1) is 14.5. The highest BCUT2D eigenvalue weighted by molar-refractivity contribution is 5.97. The van der Waals surface area contributed by atoms with Crippen molar-refractivity contribution in [3.63, 3.8) is 0 Å². The Kier molecular flexibility index (Phi) is 10.4. The number of rotatable bonds is 7. The van der Waals surface area contributed by atoms with E-state index in [-0.39, 0.29) is 11.8 Å². The van der Waals surface area contributed by atoms with Crippen LogP contribution >= 0.6 is 0 Å². The van der Waals surface area contributed by atoms with Gasteiger partial charge in [0.15, 0.2) is 0 Å². The lowest BCUT2D eigenvalue weighted by Gasteiger charge is -2.34. The highest BCUT2D eigenvalue weighted by atomic mass is 16.1. The number of nitrogens with one attached hydrogen (secondary N) is 2. The molecule has 5 nitrogen and oxygen atoms in total. The van der Waals surface area contributed by atoms with E-state index in [0.717, 1.165) is 12.0 Å². The number of amides is 1. The van der Waals surface area contributed by atoms with Crippen LogP contribution in [0.5, 0.6) is 0 Å². The summed E-state index contributed by atoms with van der Waals surface area (Å²) in [7, 11) is 1.57. The van der Waals surface area contributed by atoms with Gasteiger partial charge in [-0.1, -0.05) is 68.6 Å². The van der Waals surface area contributed by atoms with Crippen molar-refractivity contribution in [3.05, 3.63) is 108 Å². The smallest absolute Gasteiger partial charge is 0.251 e. The first-order valence-electron chi connectivity index (χ1n) is 9.73.